The summed E-state index contributed by atoms with van der Waals surface area (Å²) in [5.74, 6) is 0.565. The van der Waals surface area contributed by atoms with Gasteiger partial charge in [0.05, 0.1) is 19.1 Å². The minimum Gasteiger partial charge on any atom is -0.497 e. The molecular weight excluding hydrogens is 450 g/mol. The Morgan fingerprint density at radius 2 is 1.88 bits per heavy atom. The zero-order valence-corrected chi connectivity index (χ0v) is 19.7. The normalized spacial score (nSPS) is 13.2. The molecule has 2 aromatic carbocycles. The topological polar surface area (TPSA) is 114 Å². The molecule has 0 saturated heterocycles. The van der Waals surface area contributed by atoms with Gasteiger partial charge in [-0.05, 0) is 36.8 Å². The molecule has 10 nitrogen and oxygen atoms in total. The number of likely N-dealkylation sites (N-methyl/N-ethyl adjacent to an activating group) is 1. The molecule has 0 saturated carbocycles. The molecule has 1 atom stereocenters. The van der Waals surface area contributed by atoms with Crippen LogP contribution in [0, 0.1) is 0 Å². The molecule has 2 amide bonds. The van der Waals surface area contributed by atoms with Gasteiger partial charge in [0.15, 0.2) is 11.5 Å². The first-order valence-electron chi connectivity index (χ1n) is 10.2. The fourth-order valence-electron chi connectivity index (χ4n) is 3.41. The SMILES string of the molecule is CNC(=O)C(C)N(Cc1cccc(OC)c1)C(=O)CN(c1ccc2c(c1)OCO2)S(C)(=O)=O. The Balaban J connectivity index is 1.91. The van der Waals surface area contributed by atoms with Crippen molar-refractivity contribution in [3.05, 3.63) is 48.0 Å². The average molecular weight is 478 g/mol. The van der Waals surface area contributed by atoms with E-state index in [0.717, 1.165) is 16.1 Å². The van der Waals surface area contributed by atoms with Crippen LogP contribution in [0.1, 0.15) is 12.5 Å². The van der Waals surface area contributed by atoms with E-state index in [-0.39, 0.29) is 24.9 Å². The average Bonchev–Trinajstić information content (AvgIpc) is 3.27. The quantitative estimate of drug-likeness (QED) is 0.580. The monoisotopic (exact) mass is 477 g/mol. The highest BCUT2D eigenvalue weighted by molar-refractivity contribution is 7.92. The number of carbonyl (C=O) groups excluding carboxylic acids is 2. The number of fused-ring (bicyclic) bond motifs is 1. The second-order valence-electron chi connectivity index (χ2n) is 7.47. The summed E-state index contributed by atoms with van der Waals surface area (Å²) in [6.07, 6.45) is 1.01. The Kier molecular flexibility index (Phi) is 7.32. The molecular formula is C22H27N3O7S. The zero-order chi connectivity index (χ0) is 24.2. The lowest BCUT2D eigenvalue weighted by Crippen LogP contribution is -2.50. The summed E-state index contributed by atoms with van der Waals surface area (Å²) in [4.78, 5) is 27.1. The van der Waals surface area contributed by atoms with E-state index in [1.54, 1.807) is 37.3 Å². The zero-order valence-electron chi connectivity index (χ0n) is 18.9. The van der Waals surface area contributed by atoms with Gasteiger partial charge in [-0.1, -0.05) is 12.1 Å². The molecule has 33 heavy (non-hydrogen) atoms. The van der Waals surface area contributed by atoms with Crippen LogP contribution in [-0.4, -0.2) is 64.9 Å². The summed E-state index contributed by atoms with van der Waals surface area (Å²) in [6.45, 7) is 1.21. The van der Waals surface area contributed by atoms with Gasteiger partial charge in [-0.25, -0.2) is 8.42 Å². The number of sulfonamides is 1. The maximum absolute atomic E-state index is 13.4. The van der Waals surface area contributed by atoms with Gasteiger partial charge >= 0.3 is 0 Å². The van der Waals surface area contributed by atoms with Gasteiger partial charge in [0.2, 0.25) is 28.6 Å². The molecule has 0 bridgehead atoms. The maximum atomic E-state index is 13.4. The molecule has 1 aliphatic heterocycles. The predicted molar refractivity (Wildman–Crippen MR) is 122 cm³/mol. The van der Waals surface area contributed by atoms with Crippen molar-refractivity contribution >= 4 is 27.5 Å². The van der Waals surface area contributed by atoms with E-state index in [2.05, 4.69) is 5.32 Å². The van der Waals surface area contributed by atoms with Crippen molar-refractivity contribution in [3.8, 4) is 17.2 Å². The summed E-state index contributed by atoms with van der Waals surface area (Å²) in [7, 11) is -0.823. The molecule has 0 radical (unpaired) electrons. The van der Waals surface area contributed by atoms with E-state index in [1.807, 2.05) is 0 Å². The lowest BCUT2D eigenvalue weighted by molar-refractivity contribution is -0.139. The standard InChI is InChI=1S/C22H27N3O7S/c1-15(22(27)23-2)24(12-16-6-5-7-18(10-16)30-3)21(26)13-25(33(4,28)29)17-8-9-19-20(11-17)32-14-31-19/h5-11,15H,12-14H2,1-4H3,(H,23,27). The number of nitrogens with zero attached hydrogens (tertiary/aromatic N) is 2. The van der Waals surface area contributed by atoms with Gasteiger partial charge in [-0.2, -0.15) is 0 Å². The van der Waals surface area contributed by atoms with Crippen LogP contribution in [0.4, 0.5) is 5.69 Å². The molecule has 3 rings (SSSR count). The Bertz CT molecular complexity index is 1140. The molecule has 0 fully saturated rings. The second-order valence-corrected chi connectivity index (χ2v) is 9.38. The number of hydrogen-bond acceptors (Lipinski definition) is 7. The van der Waals surface area contributed by atoms with Crippen LogP contribution in [-0.2, 0) is 26.2 Å². The summed E-state index contributed by atoms with van der Waals surface area (Å²) in [6, 6.07) is 10.9. The van der Waals surface area contributed by atoms with Crippen LogP contribution in [0.5, 0.6) is 17.2 Å². The van der Waals surface area contributed by atoms with Crippen LogP contribution in [0.25, 0.3) is 0 Å². The van der Waals surface area contributed by atoms with Crippen LogP contribution in [0.3, 0.4) is 0 Å². The van der Waals surface area contributed by atoms with E-state index >= 15 is 0 Å². The number of rotatable bonds is 9. The molecule has 1 N–H and O–H groups in total. The maximum Gasteiger partial charge on any atom is 0.244 e. The van der Waals surface area contributed by atoms with Crippen molar-refractivity contribution in [1.82, 2.24) is 10.2 Å². The number of anilines is 1. The van der Waals surface area contributed by atoms with Crippen molar-refractivity contribution < 1.29 is 32.2 Å². The van der Waals surface area contributed by atoms with E-state index in [4.69, 9.17) is 14.2 Å². The number of benzene rings is 2. The number of carbonyl (C=O) groups is 2. The molecule has 1 heterocycles. The number of amides is 2. The summed E-state index contributed by atoms with van der Waals surface area (Å²) >= 11 is 0. The van der Waals surface area contributed by atoms with E-state index in [1.165, 1.54) is 31.2 Å². The summed E-state index contributed by atoms with van der Waals surface area (Å²) in [5.41, 5.74) is 0.983. The fourth-order valence-corrected chi connectivity index (χ4v) is 4.25. The largest absolute Gasteiger partial charge is 0.497 e. The highest BCUT2D eigenvalue weighted by Crippen LogP contribution is 2.36. The van der Waals surface area contributed by atoms with Crippen LogP contribution < -0.4 is 23.8 Å². The first kappa shape index (κ1) is 24.2. The van der Waals surface area contributed by atoms with Gasteiger partial charge in [-0.15, -0.1) is 0 Å². The van der Waals surface area contributed by atoms with Crippen molar-refractivity contribution in [3.63, 3.8) is 0 Å². The predicted octanol–water partition coefficient (Wildman–Crippen LogP) is 1.35. The van der Waals surface area contributed by atoms with Gasteiger partial charge in [0.1, 0.15) is 18.3 Å². The molecule has 0 aromatic heterocycles. The Labute approximate surface area is 193 Å². The lowest BCUT2D eigenvalue weighted by Gasteiger charge is -2.31. The van der Waals surface area contributed by atoms with Gasteiger partial charge in [0.25, 0.3) is 0 Å². The number of hydrogen-bond donors (Lipinski definition) is 1. The third-order valence-corrected chi connectivity index (χ3v) is 6.36. The highest BCUT2D eigenvalue weighted by atomic mass is 32.2. The molecule has 2 aromatic rings. The summed E-state index contributed by atoms with van der Waals surface area (Å²) < 4.78 is 42.0. The van der Waals surface area contributed by atoms with Crippen molar-refractivity contribution in [2.75, 3.05) is 38.1 Å². The van der Waals surface area contributed by atoms with Gasteiger partial charge in [0, 0.05) is 19.7 Å². The van der Waals surface area contributed by atoms with Gasteiger partial charge in [-0.3, -0.25) is 13.9 Å². The molecule has 1 aliphatic rings. The summed E-state index contributed by atoms with van der Waals surface area (Å²) in [5, 5.41) is 2.53. The number of ether oxygens (including phenoxy) is 3. The third-order valence-electron chi connectivity index (χ3n) is 5.22. The Hall–Kier alpha value is -3.47. The Morgan fingerprint density at radius 3 is 2.55 bits per heavy atom. The number of nitrogens with one attached hydrogen (secondary N) is 1. The van der Waals surface area contributed by atoms with Crippen molar-refractivity contribution in [2.45, 2.75) is 19.5 Å². The Morgan fingerprint density at radius 1 is 1.15 bits per heavy atom. The van der Waals surface area contributed by atoms with E-state index in [9.17, 15) is 18.0 Å². The van der Waals surface area contributed by atoms with Crippen molar-refractivity contribution in [2.24, 2.45) is 0 Å². The molecule has 1 unspecified atom stereocenters. The highest BCUT2D eigenvalue weighted by Gasteiger charge is 2.30. The molecule has 11 heteroatoms. The van der Waals surface area contributed by atoms with E-state index in [0.29, 0.717) is 17.2 Å². The van der Waals surface area contributed by atoms with E-state index < -0.39 is 28.5 Å². The van der Waals surface area contributed by atoms with Crippen LogP contribution in [0.15, 0.2) is 42.5 Å². The first-order chi connectivity index (χ1) is 15.6. The van der Waals surface area contributed by atoms with Crippen LogP contribution in [0.2, 0.25) is 0 Å². The second kappa shape index (κ2) is 9.99. The fraction of sp³-hybridized carbons (Fsp3) is 0.364. The lowest BCUT2D eigenvalue weighted by atomic mass is 10.1. The molecule has 0 spiro atoms. The minimum atomic E-state index is -3.83. The van der Waals surface area contributed by atoms with Gasteiger partial charge < -0.3 is 24.4 Å². The van der Waals surface area contributed by atoms with Crippen molar-refractivity contribution in [1.29, 1.82) is 0 Å². The smallest absolute Gasteiger partial charge is 0.244 e. The minimum absolute atomic E-state index is 0.0363. The molecule has 178 valence electrons. The first-order valence-corrected chi connectivity index (χ1v) is 12.0. The number of methoxy groups -OCH3 is 1. The third kappa shape index (κ3) is 5.67. The molecule has 0 aliphatic carbocycles. The van der Waals surface area contributed by atoms with Crippen LogP contribution >= 0.6 is 0 Å².